The van der Waals surface area contributed by atoms with E-state index in [9.17, 15) is 14.9 Å². The van der Waals surface area contributed by atoms with E-state index in [4.69, 9.17) is 12.2 Å². The molecule has 0 aliphatic carbocycles. The Bertz CT molecular complexity index is 1040. The van der Waals surface area contributed by atoms with Gasteiger partial charge >= 0.3 is 0 Å². The number of thiocarbonyl (C=S) groups is 1. The van der Waals surface area contributed by atoms with Crippen molar-refractivity contribution in [3.8, 4) is 6.07 Å². The summed E-state index contributed by atoms with van der Waals surface area (Å²) in [5.74, 6) is 1.72. The fourth-order valence-electron chi connectivity index (χ4n) is 4.80. The Hall–Kier alpha value is -2.11. The highest BCUT2D eigenvalue weighted by Crippen LogP contribution is 2.37. The number of thioether (sulfide) groups is 1. The standard InChI is InChI=1S/C24H32N4O2S2/c1-6-8-27-21(26-13-15(3)10-16(4)14-26)18(17(5)19(12-25)22(27)29)11-20-23(30)28(9-7-2)24(31)32-20/h11,15-16H,6-10,13-14H2,1-5H3/b20-11+. The van der Waals surface area contributed by atoms with Crippen molar-refractivity contribution < 1.29 is 4.79 Å². The normalized spacial score (nSPS) is 22.7. The van der Waals surface area contributed by atoms with Crippen molar-refractivity contribution in [3.05, 3.63) is 31.9 Å². The van der Waals surface area contributed by atoms with Crippen LogP contribution in [0, 0.1) is 30.1 Å². The summed E-state index contributed by atoms with van der Waals surface area (Å²) in [5.41, 5.74) is 1.32. The van der Waals surface area contributed by atoms with Crippen molar-refractivity contribution in [1.29, 1.82) is 5.26 Å². The number of hydrogen-bond acceptors (Lipinski definition) is 6. The molecule has 2 aliphatic heterocycles. The Morgan fingerprint density at radius 3 is 2.34 bits per heavy atom. The quantitative estimate of drug-likeness (QED) is 0.447. The van der Waals surface area contributed by atoms with E-state index in [2.05, 4.69) is 24.8 Å². The first-order chi connectivity index (χ1) is 15.2. The monoisotopic (exact) mass is 472 g/mol. The summed E-state index contributed by atoms with van der Waals surface area (Å²) in [6, 6.07) is 2.12. The van der Waals surface area contributed by atoms with Gasteiger partial charge in [0.1, 0.15) is 21.8 Å². The zero-order valence-electron chi connectivity index (χ0n) is 19.6. The molecular formula is C24H32N4O2S2. The highest BCUT2D eigenvalue weighted by atomic mass is 32.2. The molecule has 1 aromatic rings. The second-order valence-electron chi connectivity index (χ2n) is 8.99. The van der Waals surface area contributed by atoms with Crippen LogP contribution in [0.1, 0.15) is 63.6 Å². The van der Waals surface area contributed by atoms with Gasteiger partial charge in [-0.3, -0.25) is 19.1 Å². The average molecular weight is 473 g/mol. The molecule has 1 amide bonds. The molecule has 0 N–H and O–H groups in total. The second kappa shape index (κ2) is 10.2. The number of nitrogens with zero attached hydrogens (tertiary/aromatic N) is 4. The molecule has 0 bridgehead atoms. The van der Waals surface area contributed by atoms with Crippen molar-refractivity contribution in [2.24, 2.45) is 11.8 Å². The van der Waals surface area contributed by atoms with Gasteiger partial charge in [-0.25, -0.2) is 0 Å². The Labute approximate surface area is 200 Å². The minimum Gasteiger partial charge on any atom is -0.357 e. The maximum Gasteiger partial charge on any atom is 0.270 e. The van der Waals surface area contributed by atoms with E-state index in [0.29, 0.717) is 39.7 Å². The first-order valence-electron chi connectivity index (χ1n) is 11.4. The van der Waals surface area contributed by atoms with E-state index in [1.54, 1.807) is 9.47 Å². The van der Waals surface area contributed by atoms with E-state index in [1.165, 1.54) is 11.8 Å². The van der Waals surface area contributed by atoms with Gasteiger partial charge in [0, 0.05) is 31.7 Å². The highest BCUT2D eigenvalue weighted by Gasteiger charge is 2.33. The Morgan fingerprint density at radius 2 is 1.78 bits per heavy atom. The zero-order valence-corrected chi connectivity index (χ0v) is 21.2. The van der Waals surface area contributed by atoms with Crippen LogP contribution >= 0.6 is 24.0 Å². The Balaban J connectivity index is 2.26. The van der Waals surface area contributed by atoms with Crippen LogP contribution in [0.25, 0.3) is 6.08 Å². The molecule has 2 fully saturated rings. The fraction of sp³-hybridized carbons (Fsp3) is 0.583. The van der Waals surface area contributed by atoms with Gasteiger partial charge < -0.3 is 4.90 Å². The summed E-state index contributed by atoms with van der Waals surface area (Å²) in [6.07, 6.45) is 4.61. The molecule has 2 aliphatic rings. The van der Waals surface area contributed by atoms with Gasteiger partial charge in [-0.1, -0.05) is 51.7 Å². The minimum absolute atomic E-state index is 0.0978. The summed E-state index contributed by atoms with van der Waals surface area (Å²) in [6.45, 7) is 13.1. The molecule has 0 aromatic carbocycles. The van der Waals surface area contributed by atoms with Crippen molar-refractivity contribution >= 4 is 46.1 Å². The molecule has 3 rings (SSSR count). The van der Waals surface area contributed by atoms with Crippen LogP contribution in [0.3, 0.4) is 0 Å². The van der Waals surface area contributed by atoms with Crippen molar-refractivity contribution in [3.63, 3.8) is 0 Å². The van der Waals surface area contributed by atoms with Crippen LogP contribution in [0.4, 0.5) is 5.82 Å². The molecule has 32 heavy (non-hydrogen) atoms. The zero-order chi connectivity index (χ0) is 23.6. The number of aromatic nitrogens is 1. The summed E-state index contributed by atoms with van der Waals surface area (Å²) in [4.78, 5) is 30.8. The van der Waals surface area contributed by atoms with Crippen LogP contribution in [0.15, 0.2) is 9.70 Å². The third-order valence-electron chi connectivity index (χ3n) is 6.06. The Morgan fingerprint density at radius 1 is 1.16 bits per heavy atom. The summed E-state index contributed by atoms with van der Waals surface area (Å²) >= 11 is 6.74. The Kier molecular flexibility index (Phi) is 7.84. The maximum absolute atomic E-state index is 13.3. The van der Waals surface area contributed by atoms with Gasteiger partial charge in [0.25, 0.3) is 11.5 Å². The fourth-order valence-corrected chi connectivity index (χ4v) is 6.09. The minimum atomic E-state index is -0.247. The smallest absolute Gasteiger partial charge is 0.270 e. The van der Waals surface area contributed by atoms with Crippen LogP contribution < -0.4 is 10.5 Å². The molecule has 2 unspecified atom stereocenters. The molecule has 8 heteroatoms. The van der Waals surface area contributed by atoms with Gasteiger partial charge in [-0.05, 0) is 49.7 Å². The number of carbonyl (C=O) groups is 1. The molecule has 0 saturated carbocycles. The van der Waals surface area contributed by atoms with Crippen molar-refractivity contribution in [2.75, 3.05) is 24.5 Å². The molecular weight excluding hydrogens is 440 g/mol. The van der Waals surface area contributed by atoms with Gasteiger partial charge in [-0.2, -0.15) is 5.26 Å². The number of carbonyl (C=O) groups excluding carboxylic acids is 1. The van der Waals surface area contributed by atoms with Gasteiger partial charge in [0.05, 0.1) is 4.91 Å². The maximum atomic E-state index is 13.3. The molecule has 2 saturated heterocycles. The summed E-state index contributed by atoms with van der Waals surface area (Å²) in [5, 5.41) is 9.77. The van der Waals surface area contributed by atoms with E-state index in [1.807, 2.05) is 26.8 Å². The van der Waals surface area contributed by atoms with Crippen LogP contribution in [-0.2, 0) is 11.3 Å². The van der Waals surface area contributed by atoms with E-state index in [-0.39, 0.29) is 17.0 Å². The van der Waals surface area contributed by atoms with Crippen LogP contribution in [-0.4, -0.2) is 39.3 Å². The predicted octanol–water partition coefficient (Wildman–Crippen LogP) is 4.53. The average Bonchev–Trinajstić information content (AvgIpc) is 2.99. The van der Waals surface area contributed by atoms with Gasteiger partial charge in [-0.15, -0.1) is 0 Å². The molecule has 0 radical (unpaired) electrons. The lowest BCUT2D eigenvalue weighted by atomic mass is 9.91. The molecule has 1 aromatic heterocycles. The third kappa shape index (κ3) is 4.65. The predicted molar refractivity (Wildman–Crippen MR) is 136 cm³/mol. The third-order valence-corrected chi connectivity index (χ3v) is 7.44. The van der Waals surface area contributed by atoms with Crippen LogP contribution in [0.2, 0.25) is 0 Å². The number of piperidine rings is 1. The van der Waals surface area contributed by atoms with Crippen molar-refractivity contribution in [2.45, 2.75) is 60.4 Å². The first-order valence-corrected chi connectivity index (χ1v) is 12.6. The molecule has 6 nitrogen and oxygen atoms in total. The number of pyridine rings is 1. The number of amides is 1. The SMILES string of the molecule is CCCN1C(=O)/C(=C\c2c(C)c(C#N)c(=O)n(CCC)c2N2CC(C)CC(C)C2)SC1=S. The highest BCUT2D eigenvalue weighted by molar-refractivity contribution is 8.26. The lowest BCUT2D eigenvalue weighted by Crippen LogP contribution is -2.43. The van der Waals surface area contributed by atoms with Crippen molar-refractivity contribution in [1.82, 2.24) is 9.47 Å². The lowest BCUT2D eigenvalue weighted by molar-refractivity contribution is -0.122. The summed E-state index contributed by atoms with van der Waals surface area (Å²) < 4.78 is 2.31. The number of anilines is 1. The topological polar surface area (TPSA) is 69.3 Å². The number of rotatable bonds is 6. The molecule has 172 valence electrons. The van der Waals surface area contributed by atoms with E-state index >= 15 is 0 Å². The molecule has 2 atom stereocenters. The van der Waals surface area contributed by atoms with Crippen LogP contribution in [0.5, 0.6) is 0 Å². The second-order valence-corrected chi connectivity index (χ2v) is 10.7. The molecule has 3 heterocycles. The summed E-state index contributed by atoms with van der Waals surface area (Å²) in [7, 11) is 0. The molecule has 0 spiro atoms. The number of nitriles is 1. The van der Waals surface area contributed by atoms with E-state index in [0.717, 1.165) is 43.7 Å². The van der Waals surface area contributed by atoms with Gasteiger partial charge in [0.2, 0.25) is 0 Å². The first kappa shape index (κ1) is 24.5. The van der Waals surface area contributed by atoms with E-state index < -0.39 is 0 Å². The largest absolute Gasteiger partial charge is 0.357 e. The lowest BCUT2D eigenvalue weighted by Gasteiger charge is -2.39. The number of hydrogen-bond donors (Lipinski definition) is 0. The van der Waals surface area contributed by atoms with Gasteiger partial charge in [0.15, 0.2) is 0 Å².